The number of hydrogen-bond acceptors (Lipinski definition) is 3. The van der Waals surface area contributed by atoms with E-state index in [9.17, 15) is 0 Å². The van der Waals surface area contributed by atoms with Crippen molar-refractivity contribution in [2.24, 2.45) is 4.99 Å². The van der Waals surface area contributed by atoms with Gasteiger partial charge < -0.3 is 0 Å². The van der Waals surface area contributed by atoms with Crippen molar-refractivity contribution in [1.29, 1.82) is 0 Å². The Kier molecular flexibility index (Phi) is 9.81. The van der Waals surface area contributed by atoms with Crippen LogP contribution < -0.4 is 4.72 Å². The smallest absolute Gasteiger partial charge is 0.0733 e. The Morgan fingerprint density at radius 3 is 2.25 bits per heavy atom. The van der Waals surface area contributed by atoms with Gasteiger partial charge in [0.2, 0.25) is 0 Å². The van der Waals surface area contributed by atoms with E-state index in [1.165, 1.54) is 16.0 Å². The average molecular weight is 341 g/mol. The molecule has 0 aliphatic rings. The lowest BCUT2D eigenvalue weighted by Gasteiger charge is -2.15. The lowest BCUT2D eigenvalue weighted by atomic mass is 9.96. The molecule has 2 rings (SSSR count). The SMILES string of the molecule is C=N/C(=C(\CCC)c1ccccc1SNC)c1ccccc1.CC. The van der Waals surface area contributed by atoms with E-state index in [1.54, 1.807) is 11.9 Å². The Balaban J connectivity index is 0.00000139. The molecule has 0 spiro atoms. The van der Waals surface area contributed by atoms with Gasteiger partial charge in [-0.15, -0.1) is 0 Å². The number of nitrogens with one attached hydrogen (secondary N) is 1. The van der Waals surface area contributed by atoms with E-state index in [2.05, 4.69) is 59.8 Å². The minimum Gasteiger partial charge on any atom is -0.264 e. The van der Waals surface area contributed by atoms with Crippen LogP contribution in [-0.2, 0) is 0 Å². The largest absolute Gasteiger partial charge is 0.264 e. The molecule has 128 valence electrons. The first kappa shape index (κ1) is 20.2. The number of aliphatic imine (C=N–C) groups is 1. The van der Waals surface area contributed by atoms with Crippen LogP contribution in [0.4, 0.5) is 0 Å². The Hall–Kier alpha value is -1.84. The highest BCUT2D eigenvalue weighted by atomic mass is 32.2. The Labute approximate surface area is 151 Å². The molecular formula is C21H28N2S. The van der Waals surface area contributed by atoms with E-state index in [1.807, 2.05) is 39.1 Å². The molecule has 2 nitrogen and oxygen atoms in total. The van der Waals surface area contributed by atoms with Crippen LogP contribution >= 0.6 is 11.9 Å². The van der Waals surface area contributed by atoms with E-state index >= 15 is 0 Å². The number of benzene rings is 2. The third kappa shape index (κ3) is 5.36. The molecule has 0 unspecified atom stereocenters. The lowest BCUT2D eigenvalue weighted by molar-refractivity contribution is 0.969. The van der Waals surface area contributed by atoms with Crippen LogP contribution in [0.1, 0.15) is 44.7 Å². The third-order valence-corrected chi connectivity index (χ3v) is 4.20. The summed E-state index contributed by atoms with van der Waals surface area (Å²) >= 11 is 1.63. The van der Waals surface area contributed by atoms with Crippen LogP contribution in [-0.4, -0.2) is 13.8 Å². The van der Waals surface area contributed by atoms with Gasteiger partial charge in [-0.3, -0.25) is 9.71 Å². The van der Waals surface area contributed by atoms with E-state index in [4.69, 9.17) is 0 Å². The molecule has 24 heavy (non-hydrogen) atoms. The topological polar surface area (TPSA) is 24.4 Å². The molecule has 0 fully saturated rings. The van der Waals surface area contributed by atoms with Gasteiger partial charge in [0.1, 0.15) is 0 Å². The molecule has 0 aliphatic heterocycles. The predicted octanol–water partition coefficient (Wildman–Crippen LogP) is 6.31. The molecule has 2 aromatic carbocycles. The summed E-state index contributed by atoms with van der Waals surface area (Å²) in [5.41, 5.74) is 4.58. The van der Waals surface area contributed by atoms with Crippen molar-refractivity contribution in [3.8, 4) is 0 Å². The highest BCUT2D eigenvalue weighted by Gasteiger charge is 2.13. The second-order valence-electron chi connectivity index (χ2n) is 4.90. The minimum atomic E-state index is 0.977. The van der Waals surface area contributed by atoms with Crippen molar-refractivity contribution >= 4 is 29.9 Å². The summed E-state index contributed by atoms with van der Waals surface area (Å²) in [5, 5.41) is 0. The summed E-state index contributed by atoms with van der Waals surface area (Å²) in [6.45, 7) is 10.0. The van der Waals surface area contributed by atoms with Crippen LogP contribution in [0.25, 0.3) is 11.3 Å². The molecule has 0 bridgehead atoms. The zero-order valence-electron chi connectivity index (χ0n) is 15.2. The van der Waals surface area contributed by atoms with Crippen molar-refractivity contribution in [2.75, 3.05) is 7.05 Å². The normalized spacial score (nSPS) is 11.2. The molecule has 0 aliphatic carbocycles. The quantitative estimate of drug-likeness (QED) is 0.363. The number of hydrogen-bond donors (Lipinski definition) is 1. The number of nitrogens with zero attached hydrogens (tertiary/aromatic N) is 1. The molecule has 1 N–H and O–H groups in total. The maximum absolute atomic E-state index is 4.35. The first-order chi connectivity index (χ1) is 11.8. The number of allylic oxidation sites excluding steroid dienone is 1. The zero-order chi connectivity index (χ0) is 17.8. The lowest BCUT2D eigenvalue weighted by Crippen LogP contribution is -1.97. The molecule has 3 heteroatoms. The fraction of sp³-hybridized carbons (Fsp3) is 0.286. The summed E-state index contributed by atoms with van der Waals surface area (Å²) in [6.07, 6.45) is 2.05. The summed E-state index contributed by atoms with van der Waals surface area (Å²) in [7, 11) is 1.94. The standard InChI is InChI=1S/C19H22N2S.C2H6/c1-4-10-17(16-13-8-9-14-18(16)22-21-3)19(20-2)15-11-6-5-7-12-15;1-2/h5-9,11-14,21H,2,4,10H2,1,3H3;1-2H3/b19-17+;. The first-order valence-corrected chi connectivity index (χ1v) is 9.31. The Bertz CT molecular complexity index is 648. The maximum Gasteiger partial charge on any atom is 0.0733 e. The van der Waals surface area contributed by atoms with E-state index in [0.29, 0.717) is 0 Å². The monoisotopic (exact) mass is 340 g/mol. The fourth-order valence-corrected chi connectivity index (χ4v) is 3.17. The molecule has 0 heterocycles. The summed E-state index contributed by atoms with van der Waals surface area (Å²) < 4.78 is 3.17. The van der Waals surface area contributed by atoms with Crippen LogP contribution in [0.3, 0.4) is 0 Å². The van der Waals surface area contributed by atoms with Crippen LogP contribution in [0.2, 0.25) is 0 Å². The molecule has 0 saturated heterocycles. The van der Waals surface area contributed by atoms with Gasteiger partial charge in [-0.1, -0.05) is 75.7 Å². The second-order valence-corrected chi connectivity index (χ2v) is 5.96. The van der Waals surface area contributed by atoms with E-state index < -0.39 is 0 Å². The summed E-state index contributed by atoms with van der Waals surface area (Å²) in [4.78, 5) is 5.57. The van der Waals surface area contributed by atoms with Crippen LogP contribution in [0.5, 0.6) is 0 Å². The zero-order valence-corrected chi connectivity index (χ0v) is 16.0. The van der Waals surface area contributed by atoms with E-state index in [-0.39, 0.29) is 0 Å². The van der Waals surface area contributed by atoms with Gasteiger partial charge in [0.05, 0.1) is 5.70 Å². The van der Waals surface area contributed by atoms with E-state index in [0.717, 1.165) is 24.1 Å². The van der Waals surface area contributed by atoms with Crippen molar-refractivity contribution in [3.63, 3.8) is 0 Å². The average Bonchev–Trinajstić information content (AvgIpc) is 2.65. The van der Waals surface area contributed by atoms with Gasteiger partial charge >= 0.3 is 0 Å². The molecule has 0 amide bonds. The van der Waals surface area contributed by atoms with Crippen molar-refractivity contribution in [1.82, 2.24) is 4.72 Å². The first-order valence-electron chi connectivity index (χ1n) is 8.50. The molecule has 2 aromatic rings. The van der Waals surface area contributed by atoms with Crippen molar-refractivity contribution in [2.45, 2.75) is 38.5 Å². The number of rotatable bonds is 7. The molecule has 0 atom stereocenters. The molecule has 0 saturated carbocycles. The van der Waals surface area contributed by atoms with Crippen LogP contribution in [0.15, 0.2) is 64.5 Å². The van der Waals surface area contributed by atoms with Gasteiger partial charge in [-0.05, 0) is 49.3 Å². The van der Waals surface area contributed by atoms with Gasteiger partial charge in [0.25, 0.3) is 0 Å². The van der Waals surface area contributed by atoms with Gasteiger partial charge in [0, 0.05) is 10.5 Å². The Morgan fingerprint density at radius 2 is 1.67 bits per heavy atom. The van der Waals surface area contributed by atoms with Gasteiger partial charge in [-0.25, -0.2) is 0 Å². The van der Waals surface area contributed by atoms with Gasteiger partial charge in [-0.2, -0.15) is 0 Å². The van der Waals surface area contributed by atoms with Crippen LogP contribution in [0, 0.1) is 0 Å². The molecule has 0 radical (unpaired) electrons. The molecular weight excluding hydrogens is 312 g/mol. The summed E-state index contributed by atoms with van der Waals surface area (Å²) in [5.74, 6) is 0. The highest BCUT2D eigenvalue weighted by molar-refractivity contribution is 7.97. The fourth-order valence-electron chi connectivity index (χ4n) is 2.50. The highest BCUT2D eigenvalue weighted by Crippen LogP contribution is 2.35. The summed E-state index contributed by atoms with van der Waals surface area (Å²) in [6, 6.07) is 18.7. The minimum absolute atomic E-state index is 0.977. The maximum atomic E-state index is 4.35. The third-order valence-electron chi connectivity index (χ3n) is 3.42. The predicted molar refractivity (Wildman–Crippen MR) is 110 cm³/mol. The second kappa shape index (κ2) is 11.7. The van der Waals surface area contributed by atoms with Crippen molar-refractivity contribution in [3.05, 3.63) is 65.7 Å². The molecule has 0 aromatic heterocycles. The van der Waals surface area contributed by atoms with Gasteiger partial charge in [0.15, 0.2) is 0 Å². The van der Waals surface area contributed by atoms with Crippen molar-refractivity contribution < 1.29 is 0 Å². The Morgan fingerprint density at radius 1 is 1.04 bits per heavy atom.